The highest BCUT2D eigenvalue weighted by atomic mass is 16.1. The average Bonchev–Trinajstić information content (AvgIpc) is 2.78. The van der Waals surface area contributed by atoms with Crippen LogP contribution in [0.5, 0.6) is 0 Å². The van der Waals surface area contributed by atoms with E-state index in [0.717, 1.165) is 5.56 Å². The summed E-state index contributed by atoms with van der Waals surface area (Å²) < 4.78 is 0. The fourth-order valence-electron chi connectivity index (χ4n) is 1.54. The van der Waals surface area contributed by atoms with Crippen molar-refractivity contribution in [2.75, 3.05) is 5.73 Å². The smallest absolute Gasteiger partial charge is 0.253 e. The van der Waals surface area contributed by atoms with Crippen molar-refractivity contribution >= 4 is 11.6 Å². The number of rotatable bonds is 3. The van der Waals surface area contributed by atoms with Gasteiger partial charge in [0.15, 0.2) is 0 Å². The highest BCUT2D eigenvalue weighted by Gasteiger charge is 2.09. The molecule has 0 aliphatic carbocycles. The minimum Gasteiger partial charge on any atom is -0.398 e. The lowest BCUT2D eigenvalue weighted by Gasteiger charge is -2.07. The van der Waals surface area contributed by atoms with Gasteiger partial charge in [-0.1, -0.05) is 6.07 Å². The Labute approximate surface area is 99.1 Å². The number of aromatic nitrogens is 2. The van der Waals surface area contributed by atoms with E-state index in [2.05, 4.69) is 15.3 Å². The zero-order valence-electron chi connectivity index (χ0n) is 9.53. The Morgan fingerprint density at radius 3 is 3.00 bits per heavy atom. The molecule has 1 aromatic heterocycles. The van der Waals surface area contributed by atoms with Crippen LogP contribution >= 0.6 is 0 Å². The molecule has 4 N–H and O–H groups in total. The number of anilines is 1. The van der Waals surface area contributed by atoms with Crippen molar-refractivity contribution in [2.24, 2.45) is 0 Å². The molecule has 0 atom stereocenters. The second-order valence-corrected chi connectivity index (χ2v) is 3.81. The van der Waals surface area contributed by atoms with Crippen LogP contribution in [0.4, 0.5) is 5.69 Å². The van der Waals surface area contributed by atoms with Gasteiger partial charge >= 0.3 is 0 Å². The molecular weight excluding hydrogens is 216 g/mol. The largest absolute Gasteiger partial charge is 0.398 e. The minimum absolute atomic E-state index is 0.195. The minimum atomic E-state index is -0.195. The van der Waals surface area contributed by atoms with E-state index in [9.17, 15) is 4.79 Å². The van der Waals surface area contributed by atoms with Crippen molar-refractivity contribution in [3.8, 4) is 0 Å². The van der Waals surface area contributed by atoms with Crippen molar-refractivity contribution < 1.29 is 4.79 Å². The number of H-pyrrole nitrogens is 1. The number of hydrogen-bond donors (Lipinski definition) is 3. The van der Waals surface area contributed by atoms with Gasteiger partial charge in [-0.2, -0.15) is 0 Å². The summed E-state index contributed by atoms with van der Waals surface area (Å²) in [5, 5.41) is 2.75. The summed E-state index contributed by atoms with van der Waals surface area (Å²) in [7, 11) is 0. The van der Waals surface area contributed by atoms with Gasteiger partial charge in [0.1, 0.15) is 5.82 Å². The molecule has 0 saturated heterocycles. The molecule has 0 saturated carbocycles. The van der Waals surface area contributed by atoms with E-state index < -0.39 is 0 Å². The van der Waals surface area contributed by atoms with Crippen LogP contribution < -0.4 is 11.1 Å². The summed E-state index contributed by atoms with van der Waals surface area (Å²) >= 11 is 0. The van der Waals surface area contributed by atoms with E-state index in [0.29, 0.717) is 23.6 Å². The third kappa shape index (κ3) is 2.63. The van der Waals surface area contributed by atoms with Crippen LogP contribution in [-0.4, -0.2) is 15.9 Å². The molecule has 0 radical (unpaired) electrons. The molecule has 0 aliphatic heterocycles. The first-order chi connectivity index (χ1) is 8.16. The predicted octanol–water partition coefficient (Wildman–Crippen LogP) is 1.23. The number of imidazole rings is 1. The monoisotopic (exact) mass is 230 g/mol. The summed E-state index contributed by atoms with van der Waals surface area (Å²) in [6, 6.07) is 5.36. The van der Waals surface area contributed by atoms with Crippen LogP contribution in [0.3, 0.4) is 0 Å². The van der Waals surface area contributed by atoms with Crippen LogP contribution in [0.1, 0.15) is 21.7 Å². The van der Waals surface area contributed by atoms with Gasteiger partial charge in [-0.3, -0.25) is 4.79 Å². The zero-order valence-corrected chi connectivity index (χ0v) is 9.53. The van der Waals surface area contributed by atoms with E-state index >= 15 is 0 Å². The second-order valence-electron chi connectivity index (χ2n) is 3.81. The number of aromatic amines is 1. The quantitative estimate of drug-likeness (QED) is 0.693. The highest BCUT2D eigenvalue weighted by Crippen LogP contribution is 2.13. The summed E-state index contributed by atoms with van der Waals surface area (Å²) in [4.78, 5) is 18.8. The van der Waals surface area contributed by atoms with Crippen molar-refractivity contribution in [1.82, 2.24) is 15.3 Å². The average molecular weight is 230 g/mol. The predicted molar refractivity (Wildman–Crippen MR) is 65.3 cm³/mol. The van der Waals surface area contributed by atoms with Crippen molar-refractivity contribution in [1.29, 1.82) is 0 Å². The van der Waals surface area contributed by atoms with E-state index in [1.807, 2.05) is 13.0 Å². The molecule has 88 valence electrons. The van der Waals surface area contributed by atoms with Gasteiger partial charge in [0.05, 0.1) is 12.1 Å². The van der Waals surface area contributed by atoms with Crippen molar-refractivity contribution in [2.45, 2.75) is 13.5 Å². The number of hydrogen-bond acceptors (Lipinski definition) is 3. The molecule has 5 heteroatoms. The van der Waals surface area contributed by atoms with E-state index in [1.54, 1.807) is 24.5 Å². The lowest BCUT2D eigenvalue weighted by Crippen LogP contribution is -2.24. The summed E-state index contributed by atoms with van der Waals surface area (Å²) in [6.07, 6.45) is 3.35. The normalized spacial score (nSPS) is 10.2. The maximum Gasteiger partial charge on any atom is 0.253 e. The Kier molecular flexibility index (Phi) is 3.09. The number of nitrogen functional groups attached to an aromatic ring is 1. The fraction of sp³-hybridized carbons (Fsp3) is 0.167. The van der Waals surface area contributed by atoms with Gasteiger partial charge in [0.25, 0.3) is 5.91 Å². The van der Waals surface area contributed by atoms with Crippen LogP contribution in [0.25, 0.3) is 0 Å². The number of nitrogens with one attached hydrogen (secondary N) is 2. The number of benzene rings is 1. The number of nitrogens with two attached hydrogens (primary N) is 1. The van der Waals surface area contributed by atoms with E-state index in [-0.39, 0.29) is 5.91 Å². The van der Waals surface area contributed by atoms with Gasteiger partial charge in [0.2, 0.25) is 0 Å². The first kappa shape index (κ1) is 11.2. The molecule has 2 aromatic rings. The standard InChI is InChI=1S/C12H14N4O/c1-8-2-3-9(10(13)6-8)12(17)16-7-11-14-4-5-15-11/h2-6H,7,13H2,1H3,(H,14,15)(H,16,17). The Bertz CT molecular complexity index is 519. The second kappa shape index (κ2) is 4.69. The first-order valence-electron chi connectivity index (χ1n) is 5.29. The van der Waals surface area contributed by atoms with Crippen molar-refractivity contribution in [3.05, 3.63) is 47.5 Å². The molecule has 0 bridgehead atoms. The molecule has 1 aromatic carbocycles. The Morgan fingerprint density at radius 2 is 2.35 bits per heavy atom. The molecule has 2 rings (SSSR count). The van der Waals surface area contributed by atoms with E-state index in [4.69, 9.17) is 5.73 Å². The highest BCUT2D eigenvalue weighted by molar-refractivity contribution is 5.99. The maximum absolute atomic E-state index is 11.8. The molecule has 0 aliphatic rings. The molecule has 5 nitrogen and oxygen atoms in total. The lowest BCUT2D eigenvalue weighted by molar-refractivity contribution is 0.0951. The molecule has 0 spiro atoms. The van der Waals surface area contributed by atoms with Crippen molar-refractivity contribution in [3.63, 3.8) is 0 Å². The van der Waals surface area contributed by atoms with Crippen LogP contribution in [0, 0.1) is 6.92 Å². The molecule has 17 heavy (non-hydrogen) atoms. The Morgan fingerprint density at radius 1 is 1.53 bits per heavy atom. The fourth-order valence-corrected chi connectivity index (χ4v) is 1.54. The Hall–Kier alpha value is -2.30. The number of amides is 1. The molecular formula is C12H14N4O. The Balaban J connectivity index is 2.04. The molecule has 0 fully saturated rings. The number of carbonyl (C=O) groups excluding carboxylic acids is 1. The molecule has 1 amide bonds. The summed E-state index contributed by atoms with van der Waals surface area (Å²) in [5.74, 6) is 0.517. The van der Waals surface area contributed by atoms with Crippen LogP contribution in [-0.2, 0) is 6.54 Å². The van der Waals surface area contributed by atoms with Gasteiger partial charge < -0.3 is 16.0 Å². The summed E-state index contributed by atoms with van der Waals surface area (Å²) in [5.41, 5.74) is 7.80. The maximum atomic E-state index is 11.8. The van der Waals surface area contributed by atoms with E-state index in [1.165, 1.54) is 0 Å². The third-order valence-corrected chi connectivity index (χ3v) is 2.42. The topological polar surface area (TPSA) is 83.8 Å². The summed E-state index contributed by atoms with van der Waals surface area (Å²) in [6.45, 7) is 2.29. The van der Waals surface area contributed by atoms with Gasteiger partial charge in [0, 0.05) is 18.1 Å². The SMILES string of the molecule is Cc1ccc(C(=O)NCc2ncc[nH]2)c(N)c1. The van der Waals surface area contributed by atoms with Gasteiger partial charge in [-0.15, -0.1) is 0 Å². The van der Waals surface area contributed by atoms with Gasteiger partial charge in [-0.05, 0) is 24.6 Å². The molecule has 0 unspecified atom stereocenters. The number of aryl methyl sites for hydroxylation is 1. The number of carbonyl (C=O) groups is 1. The van der Waals surface area contributed by atoms with Crippen LogP contribution in [0.2, 0.25) is 0 Å². The zero-order chi connectivity index (χ0) is 12.3. The van der Waals surface area contributed by atoms with Crippen LogP contribution in [0.15, 0.2) is 30.6 Å². The number of nitrogens with zero attached hydrogens (tertiary/aromatic N) is 1. The third-order valence-electron chi connectivity index (χ3n) is 2.42. The lowest BCUT2D eigenvalue weighted by atomic mass is 10.1. The van der Waals surface area contributed by atoms with Gasteiger partial charge in [-0.25, -0.2) is 4.98 Å². The first-order valence-corrected chi connectivity index (χ1v) is 5.29. The molecule has 1 heterocycles.